The van der Waals surface area contributed by atoms with Crippen LogP contribution in [0, 0.1) is 0 Å². The molecule has 0 radical (unpaired) electrons. The van der Waals surface area contributed by atoms with Crippen molar-refractivity contribution in [3.05, 3.63) is 28.8 Å². The maximum atomic E-state index is 11.3. The number of carboxylic acid groups (broad SMARTS) is 1. The summed E-state index contributed by atoms with van der Waals surface area (Å²) in [5.41, 5.74) is 4.97. The fraction of sp³-hybridized carbons (Fsp3) is 0.500. The second-order valence-corrected chi connectivity index (χ2v) is 4.99. The lowest BCUT2D eigenvalue weighted by Crippen LogP contribution is -2.30. The molecule has 1 amide bonds. The first kappa shape index (κ1) is 10.6. The quantitative estimate of drug-likeness (QED) is 0.745. The molecule has 0 fully saturated rings. The molecule has 1 aliphatic heterocycles. The minimum absolute atomic E-state index is 0.640. The summed E-state index contributed by atoms with van der Waals surface area (Å²) in [5, 5.41) is 9.28. The van der Waals surface area contributed by atoms with Crippen LogP contribution in [0.15, 0.2) is 12.1 Å². The SMILES string of the molecule is O=C(O)N1CCCCc2cc3c(cc21)CCC3. The zero-order chi connectivity index (χ0) is 11.8. The molecule has 0 aromatic heterocycles. The van der Waals surface area contributed by atoms with Crippen LogP contribution >= 0.6 is 0 Å². The van der Waals surface area contributed by atoms with Gasteiger partial charge in [-0.25, -0.2) is 4.79 Å². The fourth-order valence-corrected chi connectivity index (χ4v) is 3.02. The number of hydrogen-bond acceptors (Lipinski definition) is 1. The highest BCUT2D eigenvalue weighted by atomic mass is 16.4. The molecule has 0 spiro atoms. The summed E-state index contributed by atoms with van der Waals surface area (Å²) in [4.78, 5) is 12.8. The molecule has 3 heteroatoms. The van der Waals surface area contributed by atoms with E-state index in [-0.39, 0.29) is 0 Å². The van der Waals surface area contributed by atoms with Gasteiger partial charge in [-0.05, 0) is 61.3 Å². The van der Waals surface area contributed by atoms with E-state index in [0.717, 1.165) is 37.8 Å². The van der Waals surface area contributed by atoms with E-state index in [1.165, 1.54) is 28.0 Å². The third kappa shape index (κ3) is 1.79. The molecular formula is C14H17NO2. The number of hydrogen-bond donors (Lipinski definition) is 1. The second-order valence-electron chi connectivity index (χ2n) is 4.99. The number of nitrogens with zero attached hydrogens (tertiary/aromatic N) is 1. The van der Waals surface area contributed by atoms with Crippen molar-refractivity contribution in [1.82, 2.24) is 0 Å². The van der Waals surface area contributed by atoms with E-state index >= 15 is 0 Å². The molecule has 3 nitrogen and oxygen atoms in total. The third-order valence-electron chi connectivity index (χ3n) is 3.89. The van der Waals surface area contributed by atoms with Crippen molar-refractivity contribution in [2.75, 3.05) is 11.4 Å². The Hall–Kier alpha value is -1.51. The summed E-state index contributed by atoms with van der Waals surface area (Å²) in [7, 11) is 0. The second kappa shape index (κ2) is 4.06. The van der Waals surface area contributed by atoms with Crippen LogP contribution in [-0.2, 0) is 19.3 Å². The highest BCUT2D eigenvalue weighted by molar-refractivity contribution is 5.87. The van der Waals surface area contributed by atoms with E-state index in [1.807, 2.05) is 0 Å². The molecule has 0 unspecified atom stereocenters. The van der Waals surface area contributed by atoms with Crippen molar-refractivity contribution >= 4 is 11.8 Å². The predicted molar refractivity (Wildman–Crippen MR) is 66.8 cm³/mol. The maximum Gasteiger partial charge on any atom is 0.411 e. The molecule has 90 valence electrons. The molecule has 2 aliphatic rings. The van der Waals surface area contributed by atoms with Crippen LogP contribution in [0.2, 0.25) is 0 Å². The molecule has 1 aromatic rings. The average molecular weight is 231 g/mol. The maximum absolute atomic E-state index is 11.3. The van der Waals surface area contributed by atoms with Crippen LogP contribution < -0.4 is 4.90 Å². The third-order valence-corrected chi connectivity index (χ3v) is 3.89. The standard InChI is InChI=1S/C14H17NO2/c16-14(17)15-7-2-1-4-12-8-10-5-3-6-11(10)9-13(12)15/h8-9H,1-7H2,(H,16,17). The number of anilines is 1. The number of carbonyl (C=O) groups is 1. The van der Waals surface area contributed by atoms with E-state index in [9.17, 15) is 9.90 Å². The van der Waals surface area contributed by atoms with Gasteiger partial charge in [-0.2, -0.15) is 0 Å². The van der Waals surface area contributed by atoms with Crippen molar-refractivity contribution < 1.29 is 9.90 Å². The van der Waals surface area contributed by atoms with E-state index in [0.29, 0.717) is 6.54 Å². The molecule has 17 heavy (non-hydrogen) atoms. The Morgan fingerprint density at radius 2 is 1.71 bits per heavy atom. The van der Waals surface area contributed by atoms with Gasteiger partial charge in [-0.15, -0.1) is 0 Å². The molecule has 0 atom stereocenters. The van der Waals surface area contributed by atoms with Crippen LogP contribution in [0.1, 0.15) is 36.0 Å². The molecule has 0 bridgehead atoms. The first-order valence-corrected chi connectivity index (χ1v) is 6.41. The summed E-state index contributed by atoms with van der Waals surface area (Å²) in [6, 6.07) is 4.37. The van der Waals surface area contributed by atoms with Crippen molar-refractivity contribution in [3.63, 3.8) is 0 Å². The van der Waals surface area contributed by atoms with Gasteiger partial charge >= 0.3 is 6.09 Å². The molecular weight excluding hydrogens is 214 g/mol. The van der Waals surface area contributed by atoms with Crippen LogP contribution in [-0.4, -0.2) is 17.7 Å². The Balaban J connectivity index is 2.09. The van der Waals surface area contributed by atoms with E-state index in [1.54, 1.807) is 0 Å². The number of benzene rings is 1. The van der Waals surface area contributed by atoms with Gasteiger partial charge in [-0.1, -0.05) is 6.07 Å². The highest BCUT2D eigenvalue weighted by Gasteiger charge is 2.23. The Morgan fingerprint density at radius 1 is 1.00 bits per heavy atom. The number of aryl methyl sites for hydroxylation is 3. The van der Waals surface area contributed by atoms with E-state index < -0.39 is 6.09 Å². The lowest BCUT2D eigenvalue weighted by atomic mass is 10.0. The van der Waals surface area contributed by atoms with Crippen molar-refractivity contribution in [1.29, 1.82) is 0 Å². The lowest BCUT2D eigenvalue weighted by molar-refractivity contribution is 0.202. The van der Waals surface area contributed by atoms with Crippen molar-refractivity contribution in [2.45, 2.75) is 38.5 Å². The summed E-state index contributed by atoms with van der Waals surface area (Å²) < 4.78 is 0. The van der Waals surface area contributed by atoms with Gasteiger partial charge in [0.25, 0.3) is 0 Å². The Labute approximate surface area is 101 Å². The Kier molecular flexibility index (Phi) is 2.54. The zero-order valence-electron chi connectivity index (χ0n) is 9.91. The zero-order valence-corrected chi connectivity index (χ0v) is 9.91. The molecule has 1 heterocycles. The van der Waals surface area contributed by atoms with Crippen LogP contribution in [0.5, 0.6) is 0 Å². The van der Waals surface area contributed by atoms with Gasteiger partial charge in [0.05, 0.1) is 5.69 Å². The minimum atomic E-state index is -0.814. The highest BCUT2D eigenvalue weighted by Crippen LogP contribution is 2.33. The van der Waals surface area contributed by atoms with E-state index in [2.05, 4.69) is 12.1 Å². The molecule has 0 saturated heterocycles. The normalized spacial score (nSPS) is 18.5. The van der Waals surface area contributed by atoms with Crippen LogP contribution in [0.25, 0.3) is 0 Å². The van der Waals surface area contributed by atoms with Gasteiger partial charge in [0.1, 0.15) is 0 Å². The first-order chi connectivity index (χ1) is 8.25. The Bertz CT molecular complexity index is 468. The fourth-order valence-electron chi connectivity index (χ4n) is 3.02. The van der Waals surface area contributed by atoms with Gasteiger partial charge < -0.3 is 5.11 Å². The largest absolute Gasteiger partial charge is 0.465 e. The molecule has 1 aromatic carbocycles. The van der Waals surface area contributed by atoms with Crippen LogP contribution in [0.4, 0.5) is 10.5 Å². The summed E-state index contributed by atoms with van der Waals surface area (Å²) >= 11 is 0. The lowest BCUT2D eigenvalue weighted by Gasteiger charge is -2.20. The number of rotatable bonds is 0. The first-order valence-electron chi connectivity index (χ1n) is 6.41. The van der Waals surface area contributed by atoms with Crippen LogP contribution in [0.3, 0.4) is 0 Å². The number of fused-ring (bicyclic) bond motifs is 2. The monoisotopic (exact) mass is 231 g/mol. The molecule has 1 N–H and O–H groups in total. The topological polar surface area (TPSA) is 40.5 Å². The Morgan fingerprint density at radius 3 is 2.47 bits per heavy atom. The predicted octanol–water partition coefficient (Wildman–Crippen LogP) is 3.00. The van der Waals surface area contributed by atoms with Gasteiger partial charge in [-0.3, -0.25) is 4.90 Å². The summed E-state index contributed by atoms with van der Waals surface area (Å²) in [6.45, 7) is 0.640. The van der Waals surface area contributed by atoms with Gasteiger partial charge in [0.2, 0.25) is 0 Å². The smallest absolute Gasteiger partial charge is 0.411 e. The average Bonchev–Trinajstić information content (AvgIpc) is 2.64. The van der Waals surface area contributed by atoms with Gasteiger partial charge in [0.15, 0.2) is 0 Å². The minimum Gasteiger partial charge on any atom is -0.465 e. The number of amides is 1. The molecule has 1 aliphatic carbocycles. The van der Waals surface area contributed by atoms with Gasteiger partial charge in [0, 0.05) is 6.54 Å². The van der Waals surface area contributed by atoms with E-state index in [4.69, 9.17) is 0 Å². The summed E-state index contributed by atoms with van der Waals surface area (Å²) in [5.74, 6) is 0. The van der Waals surface area contributed by atoms with Crippen molar-refractivity contribution in [2.24, 2.45) is 0 Å². The van der Waals surface area contributed by atoms with Crippen molar-refractivity contribution in [3.8, 4) is 0 Å². The molecule has 0 saturated carbocycles. The molecule has 3 rings (SSSR count). The summed E-state index contributed by atoms with van der Waals surface area (Å²) in [6.07, 6.45) is 5.75.